The number of rotatable bonds is 43. The van der Waals surface area contributed by atoms with Gasteiger partial charge in [0.25, 0.3) is 0 Å². The summed E-state index contributed by atoms with van der Waals surface area (Å²) < 4.78 is 23.5. The van der Waals surface area contributed by atoms with Crippen LogP contribution in [0.3, 0.4) is 0 Å². The molecule has 14 heteroatoms. The summed E-state index contributed by atoms with van der Waals surface area (Å²) in [5.74, 6) is 0. The Labute approximate surface area is 517 Å². The van der Waals surface area contributed by atoms with Gasteiger partial charge in [-0.05, 0) is 243 Å². The van der Waals surface area contributed by atoms with Crippen molar-refractivity contribution >= 4 is 45.3 Å². The van der Waals surface area contributed by atoms with Gasteiger partial charge in [0.15, 0.2) is 0 Å². The smallest absolute Gasteiger partial charge is 0.0700 e. The van der Waals surface area contributed by atoms with E-state index in [1.54, 1.807) is 35.1 Å². The summed E-state index contributed by atoms with van der Waals surface area (Å²) in [5.41, 5.74) is 6.24. The normalized spacial score (nSPS) is 14.8. The number of thiophene rings is 4. The summed E-state index contributed by atoms with van der Waals surface area (Å²) in [6.45, 7) is 30.1. The molecule has 0 fully saturated rings. The lowest BCUT2D eigenvalue weighted by Crippen LogP contribution is -2.31. The average molecular weight is 1210 g/mol. The van der Waals surface area contributed by atoms with Crippen LogP contribution in [0.4, 0.5) is 0 Å². The van der Waals surface area contributed by atoms with E-state index in [-0.39, 0.29) is 21.7 Å². The van der Waals surface area contributed by atoms with Crippen molar-refractivity contribution in [3.63, 3.8) is 0 Å². The molecule has 0 amide bonds. The lowest BCUT2D eigenvalue weighted by molar-refractivity contribution is 0.0491. The molecule has 0 spiro atoms. The van der Waals surface area contributed by atoms with Gasteiger partial charge in [0.1, 0.15) is 0 Å². The predicted molar refractivity (Wildman–Crippen MR) is 360 cm³/mol. The molecule has 0 aromatic carbocycles. The van der Waals surface area contributed by atoms with Gasteiger partial charge < -0.3 is 48.3 Å². The number of unbranched alkanes of at least 4 members (excludes halogenated alkanes) is 6. The van der Waals surface area contributed by atoms with Crippen LogP contribution in [0.5, 0.6) is 0 Å². The summed E-state index contributed by atoms with van der Waals surface area (Å²) in [5, 5.41) is 0. The number of methoxy groups -OCH3 is 2. The first-order valence-corrected chi connectivity index (χ1v) is 35.2. The van der Waals surface area contributed by atoms with Crippen LogP contribution < -0.4 is 0 Å². The summed E-state index contributed by atoms with van der Waals surface area (Å²) >= 11 is 8.30. The fourth-order valence-electron chi connectivity index (χ4n) is 12.6. The molecule has 6 rings (SSSR count). The van der Waals surface area contributed by atoms with Crippen LogP contribution in [0.25, 0.3) is 29.3 Å². The Balaban J connectivity index is 1.33. The molecule has 0 aliphatic heterocycles. The van der Waals surface area contributed by atoms with Crippen molar-refractivity contribution in [2.45, 2.75) is 166 Å². The van der Waals surface area contributed by atoms with Crippen molar-refractivity contribution in [1.82, 2.24) is 29.4 Å². The van der Waals surface area contributed by atoms with Crippen molar-refractivity contribution < 1.29 is 18.9 Å². The standard InChI is InChI=1S/C68H116N6O4S4/c1-65(2,3)59-51-55-63(81-59)61-53(49-57(79-61)58-50-54-62(80-58)64-56(52-60(82-64)66(4,5)6)68(54,31-43-77-47-45-75-15)32-44-78-48-46-76-16)67(55,29-21-17-19-23-37-73(39-25-33-69(7)8)40-26-34-70(9)10)30-22-18-20-24-38-74(41-27-35-71(11)12)42-28-36-72(13)14/h49-52H,17-48H2,1-16H3. The Kier molecular flexibility index (Phi) is 28.5. The van der Waals surface area contributed by atoms with Crippen LogP contribution in [0.15, 0.2) is 24.3 Å². The molecule has 10 nitrogen and oxygen atoms in total. The third-order valence-electron chi connectivity index (χ3n) is 17.3. The van der Waals surface area contributed by atoms with Gasteiger partial charge in [0, 0.05) is 77.3 Å². The number of fused-ring (bicyclic) bond motifs is 6. The van der Waals surface area contributed by atoms with Crippen LogP contribution in [-0.4, -0.2) is 205 Å². The lowest BCUT2D eigenvalue weighted by Gasteiger charge is -2.32. The van der Waals surface area contributed by atoms with Crippen molar-refractivity contribution in [2.24, 2.45) is 0 Å². The SMILES string of the molecule is COCCOCCC1(CCOCCOC)c2cc(-c3cc4c(s3)-c3sc(C(C)(C)C)cc3C4(CCCCCCN(CCCN(C)C)CCCN(C)C)CCCCCCN(CCCN(C)C)CCCN(C)C)sc2-c2sc(C(C)(C)C)cc21. The molecule has 2 aliphatic carbocycles. The maximum atomic E-state index is 6.35. The minimum atomic E-state index is -0.198. The third kappa shape index (κ3) is 19.7. The number of nitrogens with zero attached hydrogens (tertiary/aromatic N) is 6. The zero-order valence-corrected chi connectivity index (χ0v) is 58.2. The highest BCUT2D eigenvalue weighted by Crippen LogP contribution is 2.64. The molecule has 0 N–H and O–H groups in total. The molecule has 4 heterocycles. The van der Waals surface area contributed by atoms with Crippen LogP contribution in [0, 0.1) is 0 Å². The fourth-order valence-corrected chi connectivity index (χ4v) is 18.1. The highest BCUT2D eigenvalue weighted by molar-refractivity contribution is 7.29. The highest BCUT2D eigenvalue weighted by atomic mass is 32.1. The van der Waals surface area contributed by atoms with Gasteiger partial charge in [-0.15, -0.1) is 45.3 Å². The van der Waals surface area contributed by atoms with Gasteiger partial charge in [-0.1, -0.05) is 80.1 Å². The molecule has 4 aromatic rings. The zero-order chi connectivity index (χ0) is 59.5. The van der Waals surface area contributed by atoms with Gasteiger partial charge in [0.05, 0.1) is 26.4 Å². The summed E-state index contributed by atoms with van der Waals surface area (Å²) in [4.78, 5) is 26.8. The van der Waals surface area contributed by atoms with E-state index in [4.69, 9.17) is 18.9 Å². The number of hydrogen-bond donors (Lipinski definition) is 0. The summed E-state index contributed by atoms with van der Waals surface area (Å²) in [6.07, 6.45) is 19.6. The molecule has 0 unspecified atom stereocenters. The molecule has 0 radical (unpaired) electrons. The summed E-state index contributed by atoms with van der Waals surface area (Å²) in [6, 6.07) is 10.6. The minimum absolute atomic E-state index is 0.0273. The monoisotopic (exact) mass is 1210 g/mol. The first-order chi connectivity index (χ1) is 39.1. The zero-order valence-electron chi connectivity index (χ0n) is 54.9. The van der Waals surface area contributed by atoms with Gasteiger partial charge in [-0.2, -0.15) is 0 Å². The lowest BCUT2D eigenvalue weighted by atomic mass is 9.71. The molecule has 0 atom stereocenters. The molecule has 0 saturated heterocycles. The van der Waals surface area contributed by atoms with Crippen LogP contribution in [-0.2, 0) is 40.6 Å². The topological polar surface area (TPSA) is 56.4 Å². The van der Waals surface area contributed by atoms with Crippen molar-refractivity contribution in [3.8, 4) is 29.3 Å². The Morgan fingerprint density at radius 2 is 0.646 bits per heavy atom. The molecule has 82 heavy (non-hydrogen) atoms. The Morgan fingerprint density at radius 3 is 0.976 bits per heavy atom. The second kappa shape index (κ2) is 33.7. The van der Waals surface area contributed by atoms with Gasteiger partial charge in [-0.25, -0.2) is 0 Å². The molecular weight excluding hydrogens is 1090 g/mol. The highest BCUT2D eigenvalue weighted by Gasteiger charge is 2.49. The Hall–Kier alpha value is -1.60. The van der Waals surface area contributed by atoms with E-state index in [9.17, 15) is 0 Å². The quantitative estimate of drug-likeness (QED) is 0.0401. The number of ether oxygens (including phenoxy) is 4. The van der Waals surface area contributed by atoms with Crippen molar-refractivity contribution in [1.29, 1.82) is 0 Å². The van der Waals surface area contributed by atoms with Crippen molar-refractivity contribution in [2.75, 3.05) is 176 Å². The first-order valence-electron chi connectivity index (χ1n) is 31.9. The second-order valence-electron chi connectivity index (χ2n) is 27.4. The minimum Gasteiger partial charge on any atom is -0.382 e. The van der Waals surface area contributed by atoms with Crippen molar-refractivity contribution in [3.05, 3.63) is 56.3 Å². The number of hydrogen-bond acceptors (Lipinski definition) is 14. The largest absolute Gasteiger partial charge is 0.382 e. The maximum Gasteiger partial charge on any atom is 0.0700 e. The van der Waals surface area contributed by atoms with E-state index in [1.165, 1.54) is 170 Å². The van der Waals surface area contributed by atoms with Gasteiger partial charge in [-0.3, -0.25) is 0 Å². The molecular formula is C68H116N6O4S4. The van der Waals surface area contributed by atoms with Gasteiger partial charge >= 0.3 is 0 Å². The molecule has 466 valence electrons. The van der Waals surface area contributed by atoms with Gasteiger partial charge in [0.2, 0.25) is 0 Å². The fraction of sp³-hybridized carbons (Fsp3) is 0.765. The Morgan fingerprint density at radius 1 is 0.341 bits per heavy atom. The average Bonchev–Trinajstić information content (AvgIpc) is 1.71. The van der Waals surface area contributed by atoms with E-state index in [0.29, 0.717) is 39.6 Å². The first kappa shape index (κ1) is 69.5. The van der Waals surface area contributed by atoms with E-state index in [0.717, 1.165) is 39.0 Å². The molecule has 4 aromatic heterocycles. The van der Waals surface area contributed by atoms with E-state index in [1.807, 2.05) is 11.3 Å². The van der Waals surface area contributed by atoms with Crippen LogP contribution >= 0.6 is 45.3 Å². The van der Waals surface area contributed by atoms with Crippen LogP contribution in [0.1, 0.15) is 176 Å². The van der Waals surface area contributed by atoms with E-state index in [2.05, 4.69) is 186 Å². The maximum absolute atomic E-state index is 6.35. The Bertz CT molecular complexity index is 2350. The summed E-state index contributed by atoms with van der Waals surface area (Å²) in [7, 11) is 21.2. The predicted octanol–water partition coefficient (Wildman–Crippen LogP) is 15.1. The molecule has 0 saturated carbocycles. The third-order valence-corrected chi connectivity index (χ3v) is 23.2. The van der Waals surface area contributed by atoms with E-state index >= 15 is 0 Å². The molecule has 2 aliphatic rings. The second-order valence-corrected chi connectivity index (χ2v) is 31.6. The van der Waals surface area contributed by atoms with Crippen LogP contribution in [0.2, 0.25) is 0 Å². The molecule has 0 bridgehead atoms. The van der Waals surface area contributed by atoms with E-state index < -0.39 is 0 Å².